The molecule has 0 aliphatic heterocycles. The van der Waals surface area contributed by atoms with Crippen LogP contribution in [-0.2, 0) is 14.3 Å². The molecule has 0 saturated heterocycles. The molecule has 0 spiro atoms. The van der Waals surface area contributed by atoms with Gasteiger partial charge in [0.05, 0.1) is 0 Å². The Bertz CT molecular complexity index is 215. The number of carbonyl (C=O) groups excluding carboxylic acids is 1. The van der Waals surface area contributed by atoms with Gasteiger partial charge >= 0.3 is 5.97 Å². The summed E-state index contributed by atoms with van der Waals surface area (Å²) in [5, 5.41) is 11.3. The smallest absolute Gasteiger partial charge is 0.326 e. The molecule has 5 nitrogen and oxygen atoms in total. The first kappa shape index (κ1) is 13.9. The zero-order valence-corrected chi connectivity index (χ0v) is 9.45. The lowest BCUT2D eigenvalue weighted by atomic mass is 10.0. The molecule has 1 atom stereocenters. The van der Waals surface area contributed by atoms with Gasteiger partial charge in [-0.05, 0) is 12.3 Å². The molecule has 0 radical (unpaired) electrons. The molecule has 5 heteroatoms. The predicted molar refractivity (Wildman–Crippen MR) is 55.5 cm³/mol. The molecule has 0 bridgehead atoms. The van der Waals surface area contributed by atoms with E-state index in [1.54, 1.807) is 21.0 Å². The molecule has 0 aromatic carbocycles. The third-order valence-electron chi connectivity index (χ3n) is 2.00. The highest BCUT2D eigenvalue weighted by Gasteiger charge is 2.22. The Hall–Kier alpha value is -1.10. The van der Waals surface area contributed by atoms with Gasteiger partial charge in [-0.15, -0.1) is 0 Å². The molecule has 88 valence electrons. The number of nitrogens with one attached hydrogen (secondary N) is 1. The molecule has 0 heterocycles. The van der Waals surface area contributed by atoms with Crippen molar-refractivity contribution in [3.05, 3.63) is 0 Å². The van der Waals surface area contributed by atoms with Crippen LogP contribution in [0.4, 0.5) is 0 Å². The van der Waals surface area contributed by atoms with Crippen LogP contribution < -0.4 is 5.32 Å². The van der Waals surface area contributed by atoms with Gasteiger partial charge in [-0.1, -0.05) is 13.8 Å². The summed E-state index contributed by atoms with van der Waals surface area (Å²) >= 11 is 0. The van der Waals surface area contributed by atoms with Gasteiger partial charge in [0.15, 0.2) is 0 Å². The standard InChI is InChI=1S/C10H19NO4/c1-7(2)9(10(13)14)11-8(12)5-4-6-15-3/h7,9H,4-6H2,1-3H3,(H,11,12)(H,13,14)/t9-/m1/s1. The summed E-state index contributed by atoms with van der Waals surface area (Å²) in [7, 11) is 1.56. The average Bonchev–Trinajstić information content (AvgIpc) is 2.13. The lowest BCUT2D eigenvalue weighted by Crippen LogP contribution is -2.44. The summed E-state index contributed by atoms with van der Waals surface area (Å²) in [6, 6.07) is -0.806. The molecular weight excluding hydrogens is 198 g/mol. The van der Waals surface area contributed by atoms with E-state index in [0.717, 1.165) is 0 Å². The molecule has 0 saturated carbocycles. The summed E-state index contributed by atoms with van der Waals surface area (Å²) in [4.78, 5) is 22.1. The number of amides is 1. The van der Waals surface area contributed by atoms with E-state index in [2.05, 4.69) is 5.32 Å². The Morgan fingerprint density at radius 3 is 2.40 bits per heavy atom. The van der Waals surface area contributed by atoms with E-state index in [9.17, 15) is 9.59 Å². The average molecular weight is 217 g/mol. The zero-order chi connectivity index (χ0) is 11.8. The van der Waals surface area contributed by atoms with E-state index in [4.69, 9.17) is 9.84 Å². The van der Waals surface area contributed by atoms with Crippen molar-refractivity contribution in [2.75, 3.05) is 13.7 Å². The van der Waals surface area contributed by atoms with Crippen LogP contribution in [0.2, 0.25) is 0 Å². The highest BCUT2D eigenvalue weighted by Crippen LogP contribution is 2.02. The summed E-state index contributed by atoms with van der Waals surface area (Å²) in [6.45, 7) is 4.02. The van der Waals surface area contributed by atoms with Gasteiger partial charge in [-0.25, -0.2) is 4.79 Å². The maximum Gasteiger partial charge on any atom is 0.326 e. The summed E-state index contributed by atoms with van der Waals surface area (Å²) < 4.78 is 4.80. The fraction of sp³-hybridized carbons (Fsp3) is 0.800. The number of hydrogen-bond acceptors (Lipinski definition) is 3. The van der Waals surface area contributed by atoms with Crippen LogP contribution in [0, 0.1) is 5.92 Å². The van der Waals surface area contributed by atoms with Crippen molar-refractivity contribution in [1.82, 2.24) is 5.32 Å². The third kappa shape index (κ3) is 6.06. The monoisotopic (exact) mass is 217 g/mol. The molecule has 0 unspecified atom stereocenters. The van der Waals surface area contributed by atoms with Gasteiger partial charge in [0.2, 0.25) is 5.91 Å². The number of aliphatic carboxylic acids is 1. The van der Waals surface area contributed by atoms with Crippen molar-refractivity contribution in [2.24, 2.45) is 5.92 Å². The third-order valence-corrected chi connectivity index (χ3v) is 2.00. The van der Waals surface area contributed by atoms with E-state index in [1.165, 1.54) is 0 Å². The first-order chi connectivity index (χ1) is 6.99. The van der Waals surface area contributed by atoms with E-state index in [1.807, 2.05) is 0 Å². The Balaban J connectivity index is 3.95. The topological polar surface area (TPSA) is 75.6 Å². The van der Waals surface area contributed by atoms with Crippen molar-refractivity contribution >= 4 is 11.9 Å². The van der Waals surface area contributed by atoms with Crippen molar-refractivity contribution in [3.63, 3.8) is 0 Å². The van der Waals surface area contributed by atoms with Crippen molar-refractivity contribution in [1.29, 1.82) is 0 Å². The summed E-state index contributed by atoms with van der Waals surface area (Å²) in [5.41, 5.74) is 0. The van der Waals surface area contributed by atoms with E-state index < -0.39 is 12.0 Å². The maximum atomic E-state index is 11.3. The predicted octanol–water partition coefficient (Wildman–Crippen LogP) is 0.638. The van der Waals surface area contributed by atoms with Gasteiger partial charge in [-0.3, -0.25) is 4.79 Å². The second kappa shape index (κ2) is 7.23. The number of carboxylic acids is 1. The largest absolute Gasteiger partial charge is 0.480 e. The fourth-order valence-electron chi connectivity index (χ4n) is 1.14. The summed E-state index contributed by atoms with van der Waals surface area (Å²) in [5.74, 6) is -1.35. The van der Waals surface area contributed by atoms with Crippen LogP contribution >= 0.6 is 0 Å². The number of carbonyl (C=O) groups is 2. The molecular formula is C10H19NO4. The minimum absolute atomic E-state index is 0.117. The Morgan fingerprint density at radius 1 is 1.40 bits per heavy atom. The van der Waals surface area contributed by atoms with Crippen molar-refractivity contribution < 1.29 is 19.4 Å². The summed E-state index contributed by atoms with van der Waals surface area (Å²) in [6.07, 6.45) is 0.900. The normalized spacial score (nSPS) is 12.5. The van der Waals surface area contributed by atoms with E-state index >= 15 is 0 Å². The van der Waals surface area contributed by atoms with Gasteiger partial charge in [-0.2, -0.15) is 0 Å². The fourth-order valence-corrected chi connectivity index (χ4v) is 1.14. The van der Waals surface area contributed by atoms with E-state index in [-0.39, 0.29) is 11.8 Å². The highest BCUT2D eigenvalue weighted by atomic mass is 16.5. The molecule has 0 aliphatic carbocycles. The first-order valence-electron chi connectivity index (χ1n) is 5.00. The molecule has 0 aliphatic rings. The number of methoxy groups -OCH3 is 1. The molecule has 0 aromatic heterocycles. The second-order valence-corrected chi connectivity index (χ2v) is 3.72. The molecule has 1 amide bonds. The second-order valence-electron chi connectivity index (χ2n) is 3.72. The van der Waals surface area contributed by atoms with Crippen LogP contribution in [0.5, 0.6) is 0 Å². The number of ether oxygens (including phenoxy) is 1. The molecule has 0 aromatic rings. The number of carboxylic acid groups (broad SMARTS) is 1. The van der Waals surface area contributed by atoms with Gasteiger partial charge in [0.25, 0.3) is 0 Å². The SMILES string of the molecule is COCCCC(=O)N[C@@H](C(=O)O)C(C)C. The van der Waals surface area contributed by atoms with Crippen LogP contribution in [0.1, 0.15) is 26.7 Å². The van der Waals surface area contributed by atoms with Crippen LogP contribution in [0.15, 0.2) is 0 Å². The van der Waals surface area contributed by atoms with Gasteiger partial charge in [0, 0.05) is 20.1 Å². The molecule has 0 fully saturated rings. The highest BCUT2D eigenvalue weighted by molar-refractivity contribution is 5.83. The van der Waals surface area contributed by atoms with Crippen LogP contribution in [-0.4, -0.2) is 36.7 Å². The van der Waals surface area contributed by atoms with Gasteiger partial charge < -0.3 is 15.2 Å². The van der Waals surface area contributed by atoms with Crippen molar-refractivity contribution in [3.8, 4) is 0 Å². The first-order valence-corrected chi connectivity index (χ1v) is 5.00. The van der Waals surface area contributed by atoms with Crippen LogP contribution in [0.3, 0.4) is 0 Å². The lowest BCUT2D eigenvalue weighted by Gasteiger charge is -2.17. The van der Waals surface area contributed by atoms with Crippen LogP contribution in [0.25, 0.3) is 0 Å². The molecule has 0 rings (SSSR count). The molecule has 2 N–H and O–H groups in total. The Labute approximate surface area is 89.8 Å². The zero-order valence-electron chi connectivity index (χ0n) is 9.45. The maximum absolute atomic E-state index is 11.3. The quantitative estimate of drug-likeness (QED) is 0.613. The minimum Gasteiger partial charge on any atom is -0.480 e. The number of rotatable bonds is 7. The Morgan fingerprint density at radius 2 is 2.00 bits per heavy atom. The number of hydrogen-bond donors (Lipinski definition) is 2. The molecule has 15 heavy (non-hydrogen) atoms. The van der Waals surface area contributed by atoms with E-state index in [0.29, 0.717) is 19.4 Å². The Kier molecular flexibility index (Phi) is 6.70. The van der Waals surface area contributed by atoms with Gasteiger partial charge in [0.1, 0.15) is 6.04 Å². The minimum atomic E-state index is -0.995. The lowest BCUT2D eigenvalue weighted by molar-refractivity contribution is -0.143. The van der Waals surface area contributed by atoms with Crippen molar-refractivity contribution in [2.45, 2.75) is 32.7 Å².